The van der Waals surface area contributed by atoms with Crippen LogP contribution in [-0.2, 0) is 6.42 Å². The highest BCUT2D eigenvalue weighted by Crippen LogP contribution is 2.27. The molecule has 0 bridgehead atoms. The van der Waals surface area contributed by atoms with Crippen LogP contribution in [0.25, 0.3) is 0 Å². The first-order valence-corrected chi connectivity index (χ1v) is 5.52. The predicted molar refractivity (Wildman–Crippen MR) is 63.6 cm³/mol. The van der Waals surface area contributed by atoms with E-state index >= 15 is 0 Å². The van der Waals surface area contributed by atoms with Gasteiger partial charge in [0, 0.05) is 5.02 Å². The molecule has 0 radical (unpaired) electrons. The molecule has 84 valence electrons. The second-order valence-electron chi connectivity index (χ2n) is 3.70. The first kappa shape index (κ1) is 11.2. The van der Waals surface area contributed by atoms with Gasteiger partial charge < -0.3 is 4.74 Å². The van der Waals surface area contributed by atoms with Crippen molar-refractivity contribution in [2.45, 2.75) is 19.4 Å². The quantitative estimate of drug-likeness (QED) is 0.662. The van der Waals surface area contributed by atoms with Crippen LogP contribution < -0.4 is 4.74 Å². The molecule has 0 aliphatic carbocycles. The molecule has 0 spiro atoms. The molecule has 0 N–H and O–H groups in total. The summed E-state index contributed by atoms with van der Waals surface area (Å²) in [4.78, 5) is 0. The van der Waals surface area contributed by atoms with Gasteiger partial charge in [-0.15, -0.1) is 0 Å². The lowest BCUT2D eigenvalue weighted by Gasteiger charge is -2.15. The van der Waals surface area contributed by atoms with Crippen molar-refractivity contribution in [3.05, 3.63) is 52.8 Å². The van der Waals surface area contributed by atoms with Gasteiger partial charge in [0.05, 0.1) is 0 Å². The summed E-state index contributed by atoms with van der Waals surface area (Å²) in [6.45, 7) is 1.68. The summed E-state index contributed by atoms with van der Waals surface area (Å²) in [6.07, 6.45) is 5.16. The molecule has 0 aromatic heterocycles. The zero-order valence-electron chi connectivity index (χ0n) is 8.91. The van der Waals surface area contributed by atoms with Crippen LogP contribution in [-0.4, -0.2) is 6.10 Å². The van der Waals surface area contributed by atoms with E-state index in [-0.39, 0.29) is 5.83 Å². The van der Waals surface area contributed by atoms with Crippen molar-refractivity contribution in [2.24, 2.45) is 0 Å². The fourth-order valence-corrected chi connectivity index (χ4v) is 1.71. The fraction of sp³-hybridized carbons (Fsp3) is 0.231. The van der Waals surface area contributed by atoms with Crippen molar-refractivity contribution in [3.63, 3.8) is 0 Å². The van der Waals surface area contributed by atoms with Gasteiger partial charge in [0.1, 0.15) is 17.7 Å². The van der Waals surface area contributed by atoms with Crippen molar-refractivity contribution >= 4 is 11.6 Å². The maximum Gasteiger partial charge on any atom is 0.147 e. The first-order chi connectivity index (χ1) is 7.66. The Bertz CT molecular complexity index is 451. The molecule has 1 aliphatic rings. The summed E-state index contributed by atoms with van der Waals surface area (Å²) in [5, 5.41) is 0.596. The van der Waals surface area contributed by atoms with Gasteiger partial charge in [-0.2, -0.15) is 0 Å². The SMILES string of the molecule is C[C@@H]1Oc2cc(Cl)ccc2C/C=C\C=C/1F. The minimum Gasteiger partial charge on any atom is -0.483 e. The predicted octanol–water partition coefficient (Wildman–Crippen LogP) is 4.07. The minimum atomic E-state index is -0.583. The van der Waals surface area contributed by atoms with E-state index in [4.69, 9.17) is 16.3 Å². The zero-order valence-corrected chi connectivity index (χ0v) is 9.67. The Kier molecular flexibility index (Phi) is 3.30. The third kappa shape index (κ3) is 2.45. The number of fused-ring (bicyclic) bond motifs is 1. The number of rotatable bonds is 0. The van der Waals surface area contributed by atoms with Gasteiger partial charge in [-0.25, -0.2) is 4.39 Å². The van der Waals surface area contributed by atoms with Crippen molar-refractivity contribution in [1.29, 1.82) is 0 Å². The van der Waals surface area contributed by atoms with E-state index in [0.29, 0.717) is 17.2 Å². The molecule has 1 atom stereocenters. The van der Waals surface area contributed by atoms with Crippen LogP contribution >= 0.6 is 11.6 Å². The standard InChI is InChI=1S/C13H12ClFO/c1-9-12(15)5-3-2-4-10-6-7-11(14)8-13(10)16-9/h2-3,5-9H,4H2,1H3/b3-2-,12-5+/t9-/m0/s1. The lowest BCUT2D eigenvalue weighted by Crippen LogP contribution is -2.13. The summed E-state index contributed by atoms with van der Waals surface area (Å²) >= 11 is 5.89. The molecule has 2 rings (SSSR count). The largest absolute Gasteiger partial charge is 0.483 e. The van der Waals surface area contributed by atoms with E-state index in [1.807, 2.05) is 18.2 Å². The first-order valence-electron chi connectivity index (χ1n) is 5.14. The monoisotopic (exact) mass is 238 g/mol. The highest BCUT2D eigenvalue weighted by molar-refractivity contribution is 6.30. The molecular formula is C13H12ClFO. The van der Waals surface area contributed by atoms with Crippen LogP contribution in [0.3, 0.4) is 0 Å². The molecule has 0 fully saturated rings. The Balaban J connectivity index is 2.40. The van der Waals surface area contributed by atoms with Gasteiger partial charge in [-0.1, -0.05) is 29.8 Å². The molecule has 0 unspecified atom stereocenters. The summed E-state index contributed by atoms with van der Waals surface area (Å²) in [6, 6.07) is 5.43. The zero-order chi connectivity index (χ0) is 11.5. The van der Waals surface area contributed by atoms with Gasteiger partial charge in [0.15, 0.2) is 0 Å². The summed E-state index contributed by atoms with van der Waals surface area (Å²) in [7, 11) is 0. The minimum absolute atomic E-state index is 0.288. The Morgan fingerprint density at radius 1 is 1.44 bits per heavy atom. The highest BCUT2D eigenvalue weighted by atomic mass is 35.5. The topological polar surface area (TPSA) is 9.23 Å². The number of halogens is 2. The third-order valence-electron chi connectivity index (χ3n) is 2.45. The van der Waals surface area contributed by atoms with Crippen LogP contribution in [0.1, 0.15) is 12.5 Å². The maximum absolute atomic E-state index is 13.4. The van der Waals surface area contributed by atoms with E-state index in [2.05, 4.69) is 0 Å². The molecule has 0 amide bonds. The Morgan fingerprint density at radius 2 is 2.25 bits per heavy atom. The van der Waals surface area contributed by atoms with Crippen LogP contribution in [0.2, 0.25) is 5.02 Å². The molecule has 1 aliphatic heterocycles. The van der Waals surface area contributed by atoms with Gasteiger partial charge in [0.25, 0.3) is 0 Å². The normalized spacial score (nSPS) is 25.2. The lowest BCUT2D eigenvalue weighted by atomic mass is 10.1. The van der Waals surface area contributed by atoms with Crippen LogP contribution in [0.4, 0.5) is 4.39 Å². The molecule has 1 aromatic carbocycles. The van der Waals surface area contributed by atoms with Crippen molar-refractivity contribution in [3.8, 4) is 5.75 Å². The fourth-order valence-electron chi connectivity index (χ4n) is 1.54. The van der Waals surface area contributed by atoms with Crippen LogP contribution in [0, 0.1) is 0 Å². The molecule has 1 heterocycles. The number of ether oxygens (including phenoxy) is 1. The van der Waals surface area contributed by atoms with Crippen LogP contribution in [0.5, 0.6) is 5.75 Å². The molecule has 16 heavy (non-hydrogen) atoms. The van der Waals surface area contributed by atoms with E-state index in [1.54, 1.807) is 19.1 Å². The van der Waals surface area contributed by atoms with E-state index in [9.17, 15) is 4.39 Å². The van der Waals surface area contributed by atoms with Gasteiger partial charge in [-0.05, 0) is 37.1 Å². The molecule has 1 nitrogen and oxygen atoms in total. The highest BCUT2D eigenvalue weighted by Gasteiger charge is 2.13. The summed E-state index contributed by atoms with van der Waals surface area (Å²) in [5.74, 6) is 0.360. The van der Waals surface area contributed by atoms with Gasteiger partial charge >= 0.3 is 0 Å². The van der Waals surface area contributed by atoms with E-state index < -0.39 is 6.10 Å². The molecule has 0 saturated carbocycles. The second kappa shape index (κ2) is 4.71. The van der Waals surface area contributed by atoms with Crippen molar-refractivity contribution in [2.75, 3.05) is 0 Å². The van der Waals surface area contributed by atoms with E-state index in [0.717, 1.165) is 5.56 Å². The van der Waals surface area contributed by atoms with Crippen molar-refractivity contribution in [1.82, 2.24) is 0 Å². The Hall–Kier alpha value is -1.28. The molecule has 3 heteroatoms. The molecule has 0 saturated heterocycles. The van der Waals surface area contributed by atoms with Gasteiger partial charge in [0.2, 0.25) is 0 Å². The summed E-state index contributed by atoms with van der Waals surface area (Å²) < 4.78 is 19.0. The smallest absolute Gasteiger partial charge is 0.147 e. The average Bonchev–Trinajstić information content (AvgIpc) is 2.31. The Labute approximate surface area is 99.2 Å². The lowest BCUT2D eigenvalue weighted by molar-refractivity contribution is 0.225. The maximum atomic E-state index is 13.4. The summed E-state index contributed by atoms with van der Waals surface area (Å²) in [5.41, 5.74) is 1.01. The number of hydrogen-bond acceptors (Lipinski definition) is 1. The van der Waals surface area contributed by atoms with Crippen molar-refractivity contribution < 1.29 is 9.13 Å². The Morgan fingerprint density at radius 3 is 3.06 bits per heavy atom. The second-order valence-corrected chi connectivity index (χ2v) is 4.13. The van der Waals surface area contributed by atoms with E-state index in [1.165, 1.54) is 6.08 Å². The number of benzene rings is 1. The molecular weight excluding hydrogens is 227 g/mol. The molecule has 1 aromatic rings. The average molecular weight is 239 g/mol. The number of hydrogen-bond donors (Lipinski definition) is 0. The third-order valence-corrected chi connectivity index (χ3v) is 2.69. The number of allylic oxidation sites excluding steroid dienone is 3. The van der Waals surface area contributed by atoms with Gasteiger partial charge in [-0.3, -0.25) is 0 Å². The van der Waals surface area contributed by atoms with Crippen LogP contribution in [0.15, 0.2) is 42.3 Å².